The average Bonchev–Trinajstić information content (AvgIpc) is 2.73. The normalized spacial score (nSPS) is 15.5. The van der Waals surface area contributed by atoms with Crippen LogP contribution in [-0.4, -0.2) is 22.4 Å². The number of alkyl halides is 6. The van der Waals surface area contributed by atoms with Crippen LogP contribution in [0.15, 0.2) is 24.4 Å². The molecule has 1 fully saturated rings. The number of amides is 1. The summed E-state index contributed by atoms with van der Waals surface area (Å²) in [5.74, 6) is -1.30. The molecule has 0 radical (unpaired) electrons. The molecule has 1 aliphatic rings. The van der Waals surface area contributed by atoms with Crippen molar-refractivity contribution in [2.75, 3.05) is 11.9 Å². The Morgan fingerprint density at radius 2 is 1.75 bits per heavy atom. The summed E-state index contributed by atoms with van der Waals surface area (Å²) in [5.41, 5.74) is -3.34. The van der Waals surface area contributed by atoms with E-state index in [1.807, 2.05) is 0 Å². The molecule has 1 heterocycles. The second-order valence-corrected chi connectivity index (χ2v) is 7.89. The fourth-order valence-electron chi connectivity index (χ4n) is 3.46. The number of benzene rings is 1. The Hall–Kier alpha value is -2.56. The van der Waals surface area contributed by atoms with Crippen LogP contribution in [0.3, 0.4) is 0 Å². The molecule has 2 aromatic rings. The van der Waals surface area contributed by atoms with Crippen molar-refractivity contribution in [1.82, 2.24) is 15.3 Å². The van der Waals surface area contributed by atoms with Gasteiger partial charge in [0.1, 0.15) is 0 Å². The van der Waals surface area contributed by atoms with Crippen LogP contribution in [0.2, 0.25) is 5.02 Å². The molecule has 32 heavy (non-hydrogen) atoms. The highest BCUT2D eigenvalue weighted by Crippen LogP contribution is 2.35. The second-order valence-electron chi connectivity index (χ2n) is 7.49. The van der Waals surface area contributed by atoms with E-state index in [2.05, 4.69) is 20.6 Å². The summed E-state index contributed by atoms with van der Waals surface area (Å²) >= 11 is 5.81. The van der Waals surface area contributed by atoms with E-state index < -0.39 is 41.0 Å². The Morgan fingerprint density at radius 3 is 2.34 bits per heavy atom. The average molecular weight is 481 g/mol. The Balaban J connectivity index is 1.80. The van der Waals surface area contributed by atoms with Crippen LogP contribution in [-0.2, 0) is 12.4 Å². The van der Waals surface area contributed by atoms with E-state index in [4.69, 9.17) is 11.6 Å². The van der Waals surface area contributed by atoms with Crippen LogP contribution < -0.4 is 10.6 Å². The van der Waals surface area contributed by atoms with Crippen molar-refractivity contribution in [1.29, 1.82) is 0 Å². The van der Waals surface area contributed by atoms with Crippen molar-refractivity contribution in [3.05, 3.63) is 46.2 Å². The number of nitrogens with zero attached hydrogens (tertiary/aromatic N) is 2. The Labute approximate surface area is 184 Å². The number of carbonyl (C=O) groups is 1. The van der Waals surface area contributed by atoms with Crippen molar-refractivity contribution in [3.8, 4) is 0 Å². The number of halogens is 7. The van der Waals surface area contributed by atoms with Gasteiger partial charge in [0.15, 0.2) is 5.69 Å². The van der Waals surface area contributed by atoms with Gasteiger partial charge in [-0.05, 0) is 37.0 Å². The first-order valence-electron chi connectivity index (χ1n) is 9.81. The summed E-state index contributed by atoms with van der Waals surface area (Å²) in [7, 11) is 0. The van der Waals surface area contributed by atoms with Gasteiger partial charge < -0.3 is 10.6 Å². The van der Waals surface area contributed by atoms with E-state index in [0.717, 1.165) is 44.4 Å². The van der Waals surface area contributed by atoms with Gasteiger partial charge in [-0.3, -0.25) is 4.79 Å². The number of rotatable bonds is 5. The SMILES string of the molecule is O=C(NCC1CCCCC1)c1cnc(Nc2ccc(C(F)(F)F)cc2Cl)nc1C(F)(F)F. The van der Waals surface area contributed by atoms with Crippen molar-refractivity contribution >= 4 is 29.1 Å². The van der Waals surface area contributed by atoms with Gasteiger partial charge in [0.2, 0.25) is 5.95 Å². The van der Waals surface area contributed by atoms with Gasteiger partial charge in [-0.25, -0.2) is 9.97 Å². The summed E-state index contributed by atoms with van der Waals surface area (Å²) in [4.78, 5) is 19.5. The van der Waals surface area contributed by atoms with Gasteiger partial charge in [0.25, 0.3) is 5.91 Å². The number of hydrogen-bond donors (Lipinski definition) is 2. The lowest BCUT2D eigenvalue weighted by molar-refractivity contribution is -0.141. The molecule has 0 spiro atoms. The highest BCUT2D eigenvalue weighted by molar-refractivity contribution is 6.33. The summed E-state index contributed by atoms with van der Waals surface area (Å²) in [6.45, 7) is 0.261. The topological polar surface area (TPSA) is 66.9 Å². The molecule has 1 amide bonds. The fourth-order valence-corrected chi connectivity index (χ4v) is 3.69. The molecule has 12 heteroatoms. The van der Waals surface area contributed by atoms with Gasteiger partial charge in [-0.1, -0.05) is 30.9 Å². The molecule has 0 atom stereocenters. The van der Waals surface area contributed by atoms with E-state index in [9.17, 15) is 31.1 Å². The molecule has 3 rings (SSSR count). The van der Waals surface area contributed by atoms with Gasteiger partial charge >= 0.3 is 12.4 Å². The number of hydrogen-bond acceptors (Lipinski definition) is 4. The third kappa shape index (κ3) is 6.02. The Bertz CT molecular complexity index is 974. The van der Waals surface area contributed by atoms with Crippen LogP contribution >= 0.6 is 11.6 Å². The monoisotopic (exact) mass is 480 g/mol. The number of aromatic nitrogens is 2. The van der Waals surface area contributed by atoms with Gasteiger partial charge in [-0.2, -0.15) is 26.3 Å². The van der Waals surface area contributed by atoms with E-state index >= 15 is 0 Å². The molecule has 174 valence electrons. The lowest BCUT2D eigenvalue weighted by Gasteiger charge is -2.22. The van der Waals surface area contributed by atoms with E-state index in [-0.39, 0.29) is 23.2 Å². The molecule has 0 aliphatic heterocycles. The highest BCUT2D eigenvalue weighted by atomic mass is 35.5. The van der Waals surface area contributed by atoms with Gasteiger partial charge in [0, 0.05) is 12.7 Å². The maximum atomic E-state index is 13.5. The van der Waals surface area contributed by atoms with Crippen LogP contribution in [0.4, 0.5) is 38.0 Å². The fraction of sp³-hybridized carbons (Fsp3) is 0.450. The summed E-state index contributed by atoms with van der Waals surface area (Å²) in [6, 6.07) is 2.29. The molecule has 0 saturated heterocycles. The quantitative estimate of drug-likeness (QED) is 0.498. The molecule has 1 aromatic carbocycles. The first kappa shape index (κ1) is 24.1. The van der Waals surface area contributed by atoms with Crippen LogP contribution in [0.25, 0.3) is 0 Å². The molecular formula is C20H19ClF6N4O. The third-order valence-electron chi connectivity index (χ3n) is 5.12. The molecule has 1 aromatic heterocycles. The minimum Gasteiger partial charge on any atom is -0.352 e. The van der Waals surface area contributed by atoms with E-state index in [1.54, 1.807) is 0 Å². The van der Waals surface area contributed by atoms with Crippen LogP contribution in [0.1, 0.15) is 53.7 Å². The van der Waals surface area contributed by atoms with Gasteiger partial charge in [-0.15, -0.1) is 0 Å². The lowest BCUT2D eigenvalue weighted by atomic mass is 9.89. The minimum absolute atomic E-state index is 0.123. The lowest BCUT2D eigenvalue weighted by Crippen LogP contribution is -2.32. The van der Waals surface area contributed by atoms with Crippen molar-refractivity contribution in [3.63, 3.8) is 0 Å². The Kier molecular flexibility index (Phi) is 7.16. The maximum Gasteiger partial charge on any atom is 0.434 e. The zero-order valence-corrected chi connectivity index (χ0v) is 17.3. The standard InChI is InChI=1S/C20H19ClF6N4O/c21-14-8-12(19(22,23)24)6-7-15(14)30-18-29-10-13(16(31-18)20(25,26)27)17(32)28-9-11-4-2-1-3-5-11/h6-8,10-11H,1-5,9H2,(H,28,32)(H,29,30,31). The molecule has 1 aliphatic carbocycles. The zero-order valence-electron chi connectivity index (χ0n) is 16.6. The largest absolute Gasteiger partial charge is 0.434 e. The first-order valence-corrected chi connectivity index (χ1v) is 10.2. The van der Waals surface area contributed by atoms with Gasteiger partial charge in [0.05, 0.1) is 21.8 Å². The Morgan fingerprint density at radius 1 is 1.06 bits per heavy atom. The van der Waals surface area contributed by atoms with Crippen molar-refractivity contribution in [2.45, 2.75) is 44.5 Å². The minimum atomic E-state index is -4.96. The molecule has 0 unspecified atom stereocenters. The first-order chi connectivity index (χ1) is 14.9. The summed E-state index contributed by atoms with van der Waals surface area (Å²) in [6.07, 6.45) is -3.91. The van der Waals surface area contributed by atoms with Crippen LogP contribution in [0.5, 0.6) is 0 Å². The smallest absolute Gasteiger partial charge is 0.352 e. The maximum absolute atomic E-state index is 13.5. The van der Waals surface area contributed by atoms with Crippen LogP contribution in [0, 0.1) is 5.92 Å². The molecular weight excluding hydrogens is 462 g/mol. The van der Waals surface area contributed by atoms with E-state index in [1.165, 1.54) is 0 Å². The molecule has 1 saturated carbocycles. The predicted octanol–water partition coefficient (Wildman–Crippen LogP) is 6.22. The zero-order chi connectivity index (χ0) is 23.5. The number of anilines is 2. The number of nitrogens with one attached hydrogen (secondary N) is 2. The highest BCUT2D eigenvalue weighted by Gasteiger charge is 2.38. The van der Waals surface area contributed by atoms with Crippen molar-refractivity contribution < 1.29 is 31.1 Å². The second kappa shape index (κ2) is 9.51. The third-order valence-corrected chi connectivity index (χ3v) is 5.43. The summed E-state index contributed by atoms with van der Waals surface area (Å²) in [5, 5.41) is 4.49. The molecule has 2 N–H and O–H groups in total. The predicted molar refractivity (Wildman–Crippen MR) is 106 cm³/mol. The number of carbonyl (C=O) groups excluding carboxylic acids is 1. The molecule has 0 bridgehead atoms. The summed E-state index contributed by atoms with van der Waals surface area (Å²) < 4.78 is 78.8. The molecule has 5 nitrogen and oxygen atoms in total. The van der Waals surface area contributed by atoms with E-state index in [0.29, 0.717) is 12.1 Å². The van der Waals surface area contributed by atoms with Crippen molar-refractivity contribution in [2.24, 2.45) is 5.92 Å².